The van der Waals surface area contributed by atoms with Crippen molar-refractivity contribution in [3.05, 3.63) is 102 Å². The Labute approximate surface area is 511 Å². The predicted octanol–water partition coefficient (Wildman–Crippen LogP) is -3.05. The van der Waals surface area contributed by atoms with Crippen LogP contribution in [0.5, 0.6) is 5.75 Å². The van der Waals surface area contributed by atoms with Gasteiger partial charge in [0.2, 0.25) is 70.9 Å². The maximum Gasteiger partial charge on any atom is 0.326 e. The van der Waals surface area contributed by atoms with E-state index in [1.165, 1.54) is 31.2 Å². The molecule has 88 heavy (non-hydrogen) atoms. The Morgan fingerprint density at radius 2 is 0.909 bits per heavy atom. The zero-order chi connectivity index (χ0) is 65.5. The number of benzene rings is 3. The number of phenols is 1. The Kier molecular flexibility index (Phi) is 27.3. The Morgan fingerprint density at radius 3 is 1.43 bits per heavy atom. The number of phenolic OH excluding ortho intramolecular Hbond substituents is 1. The Bertz CT molecular complexity index is 3160. The number of rotatable bonds is 35. The number of carboxylic acids is 1. The van der Waals surface area contributed by atoms with Crippen LogP contribution in [-0.2, 0) is 81.6 Å². The number of fused-ring (bicyclic) bond motifs is 1. The number of carbonyl (C=O) groups is 13. The summed E-state index contributed by atoms with van der Waals surface area (Å²) in [6.07, 6.45) is -1.28. The average molecular weight is 1240 g/mol. The first kappa shape index (κ1) is 70.9. The lowest BCUT2D eigenvalue weighted by Crippen LogP contribution is -2.62. The van der Waals surface area contributed by atoms with Gasteiger partial charge in [0.25, 0.3) is 0 Å². The zero-order valence-corrected chi connectivity index (χ0v) is 50.0. The van der Waals surface area contributed by atoms with Crippen LogP contribution in [-0.4, -0.2) is 158 Å². The third-order valence-corrected chi connectivity index (χ3v) is 14.5. The van der Waals surface area contributed by atoms with Crippen molar-refractivity contribution in [2.75, 3.05) is 5.75 Å². The minimum Gasteiger partial charge on any atom is -0.508 e. The number of H-pyrrole nitrogens is 1. The van der Waals surface area contributed by atoms with Crippen LogP contribution in [0.3, 0.4) is 0 Å². The standard InChI is InChI=1S/C58H78N14O15S/c1-6-29(4)48(72-55(83)39(65-50(78)36(59)27-88)22-33-26-63-37-15-11-10-14-35(33)37)57(85)69-42(25-46(62)76)54(82)67-41(24-45(61)75)53(81)66-40(23-44(60)74)51(79)64-30(5)49(77)71-47(28(2)3)56(84)68-38(20-31-12-8-7-9-13-31)52(80)70-43(58(86)87)21-32-16-18-34(73)19-17-32/h7-19,26,28-30,36,38-43,47-48,63,73,88H,6,20-25,27,59H2,1-5H3,(H2,60,74)(H2,61,75)(H2,62,76)(H,64,79)(H,65,78)(H,66,81)(H,67,82)(H,68,84)(H,69,85)(H,70,80)(H,71,77)(H,72,83)(H,86,87)/t29-,30-,36-,38-,39-,40-,41-,42-,43-,47-,48-/m0/s1. The Balaban J connectivity index is 1.50. The number of amides is 12. The largest absolute Gasteiger partial charge is 0.508 e. The van der Waals surface area contributed by atoms with Crippen LogP contribution in [0.1, 0.15) is 77.0 Å². The summed E-state index contributed by atoms with van der Waals surface area (Å²) in [6.45, 7) is 7.59. The second-order valence-electron chi connectivity index (χ2n) is 21.5. The molecule has 0 radical (unpaired) electrons. The van der Waals surface area contributed by atoms with Crippen molar-refractivity contribution in [1.29, 1.82) is 0 Å². The summed E-state index contributed by atoms with van der Waals surface area (Å²) in [5.74, 6) is -15.5. The molecule has 4 rings (SSSR count). The number of primary amides is 3. The van der Waals surface area contributed by atoms with Crippen LogP contribution in [0.25, 0.3) is 10.9 Å². The van der Waals surface area contributed by atoms with Crippen LogP contribution in [0.15, 0.2) is 85.1 Å². The summed E-state index contributed by atoms with van der Waals surface area (Å²) in [5, 5.41) is 42.3. The first-order chi connectivity index (χ1) is 41.5. The second kappa shape index (κ2) is 33.9. The van der Waals surface area contributed by atoms with E-state index in [-0.39, 0.29) is 37.2 Å². The monoisotopic (exact) mass is 1240 g/mol. The Morgan fingerprint density at radius 1 is 0.489 bits per heavy atom. The molecule has 0 aliphatic heterocycles. The number of aromatic hydroxyl groups is 1. The second-order valence-corrected chi connectivity index (χ2v) is 21.8. The number of hydrogen-bond acceptors (Lipinski definition) is 16. The number of thiol groups is 1. The van der Waals surface area contributed by atoms with Crippen LogP contribution in [0.2, 0.25) is 0 Å². The first-order valence-electron chi connectivity index (χ1n) is 28.1. The molecule has 20 N–H and O–H groups in total. The minimum atomic E-state index is -1.99. The van der Waals surface area contributed by atoms with E-state index >= 15 is 0 Å². The van der Waals surface area contributed by atoms with Crippen molar-refractivity contribution in [3.63, 3.8) is 0 Å². The topological polar surface area (TPSA) is 491 Å². The van der Waals surface area contributed by atoms with Crippen LogP contribution in [0.4, 0.5) is 0 Å². The van der Waals surface area contributed by atoms with E-state index < -0.39 is 168 Å². The SMILES string of the molecule is CC[C@H](C)[C@H](NC(=O)[C@H](Cc1c[nH]c2ccccc12)NC(=O)[C@@H](N)CS)C(=O)N[C@@H](CC(N)=O)C(=O)N[C@@H](CC(N)=O)C(=O)N[C@@H](CC(N)=O)C(=O)N[C@@H](C)C(=O)N[C@H](C(=O)N[C@@H](Cc1ccccc1)C(=O)N[C@@H](Cc1ccc(O)cc1)C(=O)O)C(C)C. The van der Waals surface area contributed by atoms with Crippen molar-refractivity contribution < 1.29 is 72.5 Å². The van der Waals surface area contributed by atoms with Gasteiger partial charge in [0.05, 0.1) is 25.3 Å². The molecule has 4 aromatic rings. The van der Waals surface area contributed by atoms with Gasteiger partial charge in [0.15, 0.2) is 0 Å². The highest BCUT2D eigenvalue weighted by Crippen LogP contribution is 2.20. The molecule has 0 saturated carbocycles. The van der Waals surface area contributed by atoms with Gasteiger partial charge >= 0.3 is 5.97 Å². The van der Waals surface area contributed by atoms with E-state index in [2.05, 4.69) is 65.5 Å². The predicted molar refractivity (Wildman–Crippen MR) is 322 cm³/mol. The van der Waals surface area contributed by atoms with Gasteiger partial charge in [-0.25, -0.2) is 4.79 Å². The number of hydrogen-bond donors (Lipinski definition) is 17. The molecule has 3 aromatic carbocycles. The first-order valence-corrected chi connectivity index (χ1v) is 28.7. The third kappa shape index (κ3) is 22.0. The fourth-order valence-electron chi connectivity index (χ4n) is 8.94. The van der Waals surface area contributed by atoms with Gasteiger partial charge < -0.3 is 86.0 Å². The summed E-state index contributed by atoms with van der Waals surface area (Å²) in [6, 6.07) is 5.77. The van der Waals surface area contributed by atoms with Gasteiger partial charge in [-0.05, 0) is 53.6 Å². The lowest BCUT2D eigenvalue weighted by molar-refractivity contribution is -0.142. The summed E-state index contributed by atoms with van der Waals surface area (Å²) in [5.41, 5.74) is 24.7. The van der Waals surface area contributed by atoms with Gasteiger partial charge in [-0.2, -0.15) is 12.6 Å². The lowest BCUT2D eigenvalue weighted by Gasteiger charge is -2.29. The highest BCUT2D eigenvalue weighted by Gasteiger charge is 2.38. The van der Waals surface area contributed by atoms with E-state index in [4.69, 9.17) is 22.9 Å². The van der Waals surface area contributed by atoms with Crippen molar-refractivity contribution in [2.45, 2.75) is 140 Å². The fourth-order valence-corrected chi connectivity index (χ4v) is 9.10. The van der Waals surface area contributed by atoms with E-state index in [1.807, 2.05) is 0 Å². The number of para-hydroxylation sites is 1. The normalized spacial score (nSPS) is 14.9. The molecule has 11 atom stereocenters. The summed E-state index contributed by atoms with van der Waals surface area (Å²) in [4.78, 5) is 177. The molecule has 0 aliphatic carbocycles. The number of nitrogens with two attached hydrogens (primary N) is 4. The number of nitrogens with one attached hydrogen (secondary N) is 10. The van der Waals surface area contributed by atoms with Crippen molar-refractivity contribution in [2.24, 2.45) is 34.8 Å². The number of carbonyl (C=O) groups excluding carboxylic acids is 12. The van der Waals surface area contributed by atoms with Gasteiger partial charge in [-0.3, -0.25) is 57.5 Å². The van der Waals surface area contributed by atoms with Crippen LogP contribution in [0, 0.1) is 11.8 Å². The highest BCUT2D eigenvalue weighted by atomic mass is 32.1. The molecule has 0 saturated heterocycles. The minimum absolute atomic E-state index is 0.0612. The zero-order valence-electron chi connectivity index (χ0n) is 49.1. The summed E-state index contributed by atoms with van der Waals surface area (Å²) in [7, 11) is 0. The average Bonchev–Trinajstić information content (AvgIpc) is 3.79. The van der Waals surface area contributed by atoms with Gasteiger partial charge in [-0.1, -0.05) is 94.8 Å². The van der Waals surface area contributed by atoms with Crippen molar-refractivity contribution in [3.8, 4) is 5.75 Å². The summed E-state index contributed by atoms with van der Waals surface area (Å²) < 4.78 is 0. The highest BCUT2D eigenvalue weighted by molar-refractivity contribution is 7.80. The smallest absolute Gasteiger partial charge is 0.326 e. The van der Waals surface area contributed by atoms with Crippen LogP contribution >= 0.6 is 12.6 Å². The molecule has 0 unspecified atom stereocenters. The van der Waals surface area contributed by atoms with Crippen LogP contribution < -0.4 is 70.8 Å². The fraction of sp³-hybridized carbons (Fsp3) is 0.431. The van der Waals surface area contributed by atoms with E-state index in [9.17, 15) is 72.5 Å². The van der Waals surface area contributed by atoms with E-state index in [1.54, 1.807) is 88.5 Å². The molecular formula is C58H78N14O15S. The molecule has 0 fully saturated rings. The number of aromatic amines is 1. The van der Waals surface area contributed by atoms with Crippen molar-refractivity contribution in [1.82, 2.24) is 52.8 Å². The lowest BCUT2D eigenvalue weighted by atomic mass is 9.96. The molecule has 29 nitrogen and oxygen atoms in total. The number of aliphatic carboxylic acids is 1. The molecule has 0 spiro atoms. The Hall–Kier alpha value is -9.58. The van der Waals surface area contributed by atoms with Gasteiger partial charge in [0, 0.05) is 42.1 Å². The quantitative estimate of drug-likeness (QED) is 0.0204. The molecule has 30 heteroatoms. The molecule has 1 aromatic heterocycles. The summed E-state index contributed by atoms with van der Waals surface area (Å²) >= 11 is 4.08. The van der Waals surface area contributed by atoms with Crippen molar-refractivity contribution >= 4 is 100 Å². The van der Waals surface area contributed by atoms with E-state index in [0.717, 1.165) is 10.9 Å². The number of aromatic nitrogens is 1. The molecule has 0 aliphatic rings. The molecule has 0 bridgehead atoms. The maximum atomic E-state index is 14.2. The van der Waals surface area contributed by atoms with Gasteiger partial charge in [0.1, 0.15) is 60.1 Å². The third-order valence-electron chi connectivity index (χ3n) is 14.1. The number of carboxylic acid groups (broad SMARTS) is 1. The molecule has 12 amide bonds. The maximum absolute atomic E-state index is 14.2. The molecule has 476 valence electrons. The van der Waals surface area contributed by atoms with E-state index in [0.29, 0.717) is 16.7 Å². The molecule has 1 heterocycles. The van der Waals surface area contributed by atoms with Gasteiger partial charge in [-0.15, -0.1) is 0 Å². The molecular weight excluding hydrogens is 1160 g/mol.